The van der Waals surface area contributed by atoms with Gasteiger partial charge in [-0.2, -0.15) is 0 Å². The second-order valence-electron chi connectivity index (χ2n) is 4.58. The molecule has 1 unspecified atom stereocenters. The van der Waals surface area contributed by atoms with Gasteiger partial charge in [0.25, 0.3) is 0 Å². The molecule has 1 saturated heterocycles. The van der Waals surface area contributed by atoms with Crippen LogP contribution >= 0.6 is 0 Å². The van der Waals surface area contributed by atoms with Crippen LogP contribution in [0.15, 0.2) is 0 Å². The molecule has 1 aliphatic heterocycles. The molecule has 0 spiro atoms. The standard InChI is InChI=1S/C11H20N2O4S/c1-3-6-13-10(14)8-9(11(13)15)12-5-4-7-18(2,16)17/h9,12H,3-8H2,1-2H3. The SMILES string of the molecule is CCCN1C(=O)CC(NCCCS(C)(=O)=O)C1=O. The molecule has 104 valence electrons. The zero-order valence-electron chi connectivity index (χ0n) is 10.8. The van der Waals surface area contributed by atoms with Crippen LogP contribution < -0.4 is 5.32 Å². The summed E-state index contributed by atoms with van der Waals surface area (Å²) in [6.45, 7) is 2.79. The van der Waals surface area contributed by atoms with Gasteiger partial charge in [-0.25, -0.2) is 8.42 Å². The van der Waals surface area contributed by atoms with Gasteiger partial charge in [0.05, 0.1) is 18.2 Å². The average Bonchev–Trinajstić information content (AvgIpc) is 2.51. The molecule has 1 heterocycles. The van der Waals surface area contributed by atoms with E-state index in [1.807, 2.05) is 6.92 Å². The van der Waals surface area contributed by atoms with Gasteiger partial charge < -0.3 is 5.32 Å². The van der Waals surface area contributed by atoms with Crippen molar-refractivity contribution in [3.05, 3.63) is 0 Å². The number of carbonyl (C=O) groups is 2. The van der Waals surface area contributed by atoms with E-state index in [-0.39, 0.29) is 24.0 Å². The van der Waals surface area contributed by atoms with E-state index in [1.165, 1.54) is 11.2 Å². The Balaban J connectivity index is 2.36. The molecule has 0 aromatic heterocycles. The van der Waals surface area contributed by atoms with Crippen molar-refractivity contribution >= 4 is 21.7 Å². The van der Waals surface area contributed by atoms with E-state index in [4.69, 9.17) is 0 Å². The van der Waals surface area contributed by atoms with Crippen LogP contribution in [0, 0.1) is 0 Å². The Labute approximate surface area is 108 Å². The monoisotopic (exact) mass is 276 g/mol. The highest BCUT2D eigenvalue weighted by Gasteiger charge is 2.37. The van der Waals surface area contributed by atoms with Gasteiger partial charge in [0.2, 0.25) is 11.8 Å². The number of imide groups is 1. The molecule has 7 heteroatoms. The van der Waals surface area contributed by atoms with Crippen LogP contribution in [0.2, 0.25) is 0 Å². The Morgan fingerprint density at radius 1 is 1.39 bits per heavy atom. The Kier molecular flexibility index (Phi) is 5.28. The van der Waals surface area contributed by atoms with Gasteiger partial charge in [0.1, 0.15) is 9.84 Å². The second kappa shape index (κ2) is 6.29. The number of hydrogen-bond donors (Lipinski definition) is 1. The third-order valence-corrected chi connectivity index (χ3v) is 3.80. The fourth-order valence-electron chi connectivity index (χ4n) is 1.91. The predicted molar refractivity (Wildman–Crippen MR) is 67.7 cm³/mol. The minimum absolute atomic E-state index is 0.0908. The highest BCUT2D eigenvalue weighted by molar-refractivity contribution is 7.90. The van der Waals surface area contributed by atoms with Crippen molar-refractivity contribution in [2.45, 2.75) is 32.2 Å². The molecule has 1 aliphatic rings. The van der Waals surface area contributed by atoms with Gasteiger partial charge in [-0.3, -0.25) is 14.5 Å². The van der Waals surface area contributed by atoms with E-state index in [2.05, 4.69) is 5.32 Å². The summed E-state index contributed by atoms with van der Waals surface area (Å²) in [5.41, 5.74) is 0. The summed E-state index contributed by atoms with van der Waals surface area (Å²) in [5, 5.41) is 2.95. The number of carbonyl (C=O) groups excluding carboxylic acids is 2. The molecule has 18 heavy (non-hydrogen) atoms. The molecule has 0 aliphatic carbocycles. The minimum atomic E-state index is -2.97. The van der Waals surface area contributed by atoms with Gasteiger partial charge in [-0.1, -0.05) is 6.92 Å². The van der Waals surface area contributed by atoms with Gasteiger partial charge in [-0.05, 0) is 19.4 Å². The number of nitrogens with one attached hydrogen (secondary N) is 1. The zero-order valence-corrected chi connectivity index (χ0v) is 11.6. The molecule has 0 saturated carbocycles. The maximum atomic E-state index is 11.8. The van der Waals surface area contributed by atoms with Crippen LogP contribution in [0.5, 0.6) is 0 Å². The van der Waals surface area contributed by atoms with E-state index < -0.39 is 15.9 Å². The molecule has 1 N–H and O–H groups in total. The number of nitrogens with zero attached hydrogens (tertiary/aromatic N) is 1. The first kappa shape index (κ1) is 15.1. The van der Waals surface area contributed by atoms with Gasteiger partial charge in [0, 0.05) is 12.8 Å². The largest absolute Gasteiger partial charge is 0.305 e. The first-order chi connectivity index (χ1) is 8.35. The minimum Gasteiger partial charge on any atom is -0.305 e. The van der Waals surface area contributed by atoms with Gasteiger partial charge in [0.15, 0.2) is 0 Å². The lowest BCUT2D eigenvalue weighted by Gasteiger charge is -2.14. The maximum absolute atomic E-state index is 11.8. The number of rotatable bonds is 7. The first-order valence-corrected chi connectivity index (χ1v) is 8.16. The van der Waals surface area contributed by atoms with Gasteiger partial charge >= 0.3 is 0 Å². The third kappa shape index (κ3) is 4.38. The quantitative estimate of drug-likeness (QED) is 0.503. The lowest BCUT2D eigenvalue weighted by Crippen LogP contribution is -2.39. The molecule has 0 aromatic carbocycles. The van der Waals surface area contributed by atoms with Crippen molar-refractivity contribution in [1.82, 2.24) is 10.2 Å². The fourth-order valence-corrected chi connectivity index (χ4v) is 2.58. The topological polar surface area (TPSA) is 83.6 Å². The molecule has 1 fully saturated rings. The molecule has 1 rings (SSSR count). The number of hydrogen-bond acceptors (Lipinski definition) is 5. The number of amides is 2. The normalized spacial score (nSPS) is 20.8. The lowest BCUT2D eigenvalue weighted by molar-refractivity contribution is -0.138. The molecule has 1 atom stereocenters. The predicted octanol–water partition coefficient (Wildman–Crippen LogP) is -0.452. The molecular weight excluding hydrogens is 256 g/mol. The summed E-state index contributed by atoms with van der Waals surface area (Å²) in [5.74, 6) is -0.253. The summed E-state index contributed by atoms with van der Waals surface area (Å²) in [4.78, 5) is 24.6. The Bertz CT molecular complexity index is 419. The molecule has 0 radical (unpaired) electrons. The third-order valence-electron chi connectivity index (χ3n) is 2.77. The highest BCUT2D eigenvalue weighted by atomic mass is 32.2. The van der Waals surface area contributed by atoms with E-state index in [9.17, 15) is 18.0 Å². The van der Waals surface area contributed by atoms with Crippen molar-refractivity contribution in [3.8, 4) is 0 Å². The number of likely N-dealkylation sites (tertiary alicyclic amines) is 1. The second-order valence-corrected chi connectivity index (χ2v) is 6.84. The van der Waals surface area contributed by atoms with Crippen molar-refractivity contribution in [3.63, 3.8) is 0 Å². The first-order valence-electron chi connectivity index (χ1n) is 6.10. The highest BCUT2D eigenvalue weighted by Crippen LogP contribution is 2.13. The lowest BCUT2D eigenvalue weighted by atomic mass is 10.2. The summed E-state index contributed by atoms with van der Waals surface area (Å²) >= 11 is 0. The fraction of sp³-hybridized carbons (Fsp3) is 0.818. The summed E-state index contributed by atoms with van der Waals surface area (Å²) in [6.07, 6.45) is 2.56. The Hall–Kier alpha value is -0.950. The van der Waals surface area contributed by atoms with E-state index >= 15 is 0 Å². The van der Waals surface area contributed by atoms with Crippen molar-refractivity contribution in [1.29, 1.82) is 0 Å². The van der Waals surface area contributed by atoms with Crippen molar-refractivity contribution in [2.75, 3.05) is 25.1 Å². The Morgan fingerprint density at radius 2 is 2.06 bits per heavy atom. The van der Waals surface area contributed by atoms with Crippen molar-refractivity contribution in [2.24, 2.45) is 0 Å². The van der Waals surface area contributed by atoms with Crippen molar-refractivity contribution < 1.29 is 18.0 Å². The van der Waals surface area contributed by atoms with E-state index in [1.54, 1.807) is 0 Å². The molecule has 0 aromatic rings. The molecule has 0 bridgehead atoms. The van der Waals surface area contributed by atoms with E-state index in [0.717, 1.165) is 6.42 Å². The van der Waals surface area contributed by atoms with Crippen LogP contribution in [0.25, 0.3) is 0 Å². The van der Waals surface area contributed by atoms with Gasteiger partial charge in [-0.15, -0.1) is 0 Å². The maximum Gasteiger partial charge on any atom is 0.246 e. The molecule has 6 nitrogen and oxygen atoms in total. The van der Waals surface area contributed by atoms with E-state index in [0.29, 0.717) is 19.5 Å². The van der Waals surface area contributed by atoms with Crippen LogP contribution in [-0.2, 0) is 19.4 Å². The Morgan fingerprint density at radius 3 is 2.61 bits per heavy atom. The van der Waals surface area contributed by atoms with Crippen LogP contribution in [0.4, 0.5) is 0 Å². The number of sulfone groups is 1. The average molecular weight is 276 g/mol. The summed E-state index contributed by atoms with van der Waals surface area (Å²) in [6, 6.07) is -0.483. The molecular formula is C11H20N2O4S. The smallest absolute Gasteiger partial charge is 0.246 e. The van der Waals surface area contributed by atoms with Crippen LogP contribution in [0.1, 0.15) is 26.2 Å². The summed E-state index contributed by atoms with van der Waals surface area (Å²) in [7, 11) is -2.97. The molecule has 2 amide bonds. The summed E-state index contributed by atoms with van der Waals surface area (Å²) < 4.78 is 21.8. The van der Waals surface area contributed by atoms with Crippen LogP contribution in [-0.4, -0.2) is 56.3 Å². The zero-order chi connectivity index (χ0) is 13.8. The van der Waals surface area contributed by atoms with Crippen LogP contribution in [0.3, 0.4) is 0 Å².